The van der Waals surface area contributed by atoms with Gasteiger partial charge in [0.25, 0.3) is 5.56 Å². The highest BCUT2D eigenvalue weighted by Crippen LogP contribution is 2.18. The molecule has 2 aromatic rings. The number of hydrogen-bond acceptors (Lipinski definition) is 4. The minimum Gasteiger partial charge on any atom is -0.483 e. The molecule has 0 aliphatic rings. The molecule has 0 saturated carbocycles. The summed E-state index contributed by atoms with van der Waals surface area (Å²) in [7, 11) is 0. The number of hydrogen-bond donors (Lipinski definition) is 2. The highest BCUT2D eigenvalue weighted by Gasteiger charge is 2.11. The minimum atomic E-state index is -1.41. The topological polar surface area (TPSA) is 92.3 Å². The van der Waals surface area contributed by atoms with Gasteiger partial charge < -0.3 is 14.8 Å². The minimum absolute atomic E-state index is 0.0173. The SMILES string of the molecule is O=C(O)c1cnc(COc2ccc(F)cc2F)[nH]c1=O. The zero-order valence-electron chi connectivity index (χ0n) is 9.89. The Hall–Kier alpha value is -2.77. The van der Waals surface area contributed by atoms with Gasteiger partial charge in [0, 0.05) is 12.3 Å². The Kier molecular flexibility index (Phi) is 3.74. The maximum absolute atomic E-state index is 13.3. The van der Waals surface area contributed by atoms with Crippen molar-refractivity contribution in [1.82, 2.24) is 9.97 Å². The van der Waals surface area contributed by atoms with Crippen molar-refractivity contribution in [3.05, 3.63) is 57.8 Å². The highest BCUT2D eigenvalue weighted by molar-refractivity contribution is 5.86. The second kappa shape index (κ2) is 5.47. The second-order valence-corrected chi connectivity index (χ2v) is 3.74. The third-order valence-electron chi connectivity index (χ3n) is 2.34. The number of rotatable bonds is 4. The molecular formula is C12H8F2N2O4. The Morgan fingerprint density at radius 2 is 2.15 bits per heavy atom. The first-order valence-corrected chi connectivity index (χ1v) is 5.36. The van der Waals surface area contributed by atoms with Crippen LogP contribution in [-0.2, 0) is 6.61 Å². The van der Waals surface area contributed by atoms with Crippen LogP contribution in [0.15, 0.2) is 29.2 Å². The normalized spacial score (nSPS) is 10.3. The molecule has 0 radical (unpaired) electrons. The van der Waals surface area contributed by atoms with Crippen molar-refractivity contribution in [3.8, 4) is 5.75 Å². The van der Waals surface area contributed by atoms with Crippen LogP contribution in [0.3, 0.4) is 0 Å². The van der Waals surface area contributed by atoms with Crippen molar-refractivity contribution < 1.29 is 23.4 Å². The number of benzene rings is 1. The van der Waals surface area contributed by atoms with Crippen LogP contribution in [0, 0.1) is 11.6 Å². The van der Waals surface area contributed by atoms with Gasteiger partial charge in [0.2, 0.25) is 0 Å². The number of aromatic carboxylic acids is 1. The quantitative estimate of drug-likeness (QED) is 0.882. The fourth-order valence-electron chi connectivity index (χ4n) is 1.40. The van der Waals surface area contributed by atoms with Crippen LogP contribution in [-0.4, -0.2) is 21.0 Å². The number of aromatic nitrogens is 2. The molecule has 0 amide bonds. The number of H-pyrrole nitrogens is 1. The van der Waals surface area contributed by atoms with Gasteiger partial charge in [-0.05, 0) is 12.1 Å². The van der Waals surface area contributed by atoms with Gasteiger partial charge in [0.15, 0.2) is 11.6 Å². The number of carboxylic acids is 1. The average Bonchev–Trinajstić information content (AvgIpc) is 2.37. The van der Waals surface area contributed by atoms with Crippen LogP contribution in [0.4, 0.5) is 8.78 Å². The van der Waals surface area contributed by atoms with E-state index in [0.717, 1.165) is 18.3 Å². The zero-order valence-corrected chi connectivity index (χ0v) is 9.89. The fourth-order valence-corrected chi connectivity index (χ4v) is 1.40. The Balaban J connectivity index is 2.13. The molecule has 1 heterocycles. The molecule has 2 N–H and O–H groups in total. The number of carboxylic acid groups (broad SMARTS) is 1. The van der Waals surface area contributed by atoms with E-state index in [1.165, 1.54) is 0 Å². The molecular weight excluding hydrogens is 274 g/mol. The van der Waals surface area contributed by atoms with Crippen molar-refractivity contribution in [2.75, 3.05) is 0 Å². The van der Waals surface area contributed by atoms with E-state index in [4.69, 9.17) is 9.84 Å². The summed E-state index contributed by atoms with van der Waals surface area (Å²) in [6, 6.07) is 2.76. The molecule has 1 aromatic heterocycles. The second-order valence-electron chi connectivity index (χ2n) is 3.74. The first-order chi connectivity index (χ1) is 9.47. The summed E-state index contributed by atoms with van der Waals surface area (Å²) < 4.78 is 31.0. The summed E-state index contributed by atoms with van der Waals surface area (Å²) in [5.41, 5.74) is -1.35. The van der Waals surface area contributed by atoms with Crippen LogP contribution in [0.2, 0.25) is 0 Å². The summed E-state index contributed by atoms with van der Waals surface area (Å²) in [4.78, 5) is 27.8. The first kappa shape index (κ1) is 13.7. The fraction of sp³-hybridized carbons (Fsp3) is 0.0833. The molecule has 8 heteroatoms. The van der Waals surface area contributed by atoms with Crippen molar-refractivity contribution in [1.29, 1.82) is 0 Å². The lowest BCUT2D eigenvalue weighted by atomic mass is 10.3. The molecule has 0 spiro atoms. The van der Waals surface area contributed by atoms with Crippen molar-refractivity contribution >= 4 is 5.97 Å². The Morgan fingerprint density at radius 3 is 2.75 bits per heavy atom. The predicted octanol–water partition coefficient (Wildman–Crippen LogP) is 1.33. The number of aromatic amines is 1. The van der Waals surface area contributed by atoms with E-state index in [2.05, 4.69) is 9.97 Å². The van der Waals surface area contributed by atoms with Gasteiger partial charge in [0.1, 0.15) is 23.8 Å². The van der Waals surface area contributed by atoms with Gasteiger partial charge >= 0.3 is 5.97 Å². The maximum atomic E-state index is 13.3. The van der Waals surface area contributed by atoms with Crippen LogP contribution >= 0.6 is 0 Å². The number of carbonyl (C=O) groups is 1. The van der Waals surface area contributed by atoms with E-state index in [0.29, 0.717) is 6.07 Å². The molecule has 1 aromatic carbocycles. The predicted molar refractivity (Wildman–Crippen MR) is 62.5 cm³/mol. The molecule has 104 valence electrons. The van der Waals surface area contributed by atoms with Crippen LogP contribution in [0.25, 0.3) is 0 Å². The first-order valence-electron chi connectivity index (χ1n) is 5.36. The molecule has 6 nitrogen and oxygen atoms in total. The maximum Gasteiger partial charge on any atom is 0.342 e. The number of nitrogens with one attached hydrogen (secondary N) is 1. The van der Waals surface area contributed by atoms with Crippen LogP contribution in [0.1, 0.15) is 16.2 Å². The molecule has 0 bridgehead atoms. The standard InChI is InChI=1S/C12H8F2N2O4/c13-6-1-2-9(8(14)3-6)20-5-10-15-4-7(12(18)19)11(17)16-10/h1-4H,5H2,(H,18,19)(H,15,16,17). The van der Waals surface area contributed by atoms with Crippen molar-refractivity contribution in [3.63, 3.8) is 0 Å². The Labute approximate surface area is 110 Å². The van der Waals surface area contributed by atoms with Crippen LogP contribution < -0.4 is 10.3 Å². The van der Waals surface area contributed by atoms with Gasteiger partial charge in [-0.15, -0.1) is 0 Å². The van der Waals surface area contributed by atoms with Crippen molar-refractivity contribution in [2.24, 2.45) is 0 Å². The number of halogens is 2. The molecule has 0 aliphatic carbocycles. The Morgan fingerprint density at radius 1 is 1.40 bits per heavy atom. The Bertz CT molecular complexity index is 715. The lowest BCUT2D eigenvalue weighted by molar-refractivity contribution is 0.0694. The third kappa shape index (κ3) is 2.97. The molecule has 0 saturated heterocycles. The summed E-state index contributed by atoms with van der Waals surface area (Å²) in [6.07, 6.45) is 0.876. The van der Waals surface area contributed by atoms with Gasteiger partial charge in [-0.1, -0.05) is 0 Å². The average molecular weight is 282 g/mol. The lowest BCUT2D eigenvalue weighted by Gasteiger charge is -2.06. The molecule has 0 fully saturated rings. The zero-order chi connectivity index (χ0) is 14.7. The van der Waals surface area contributed by atoms with Gasteiger partial charge in [0.05, 0.1) is 0 Å². The molecule has 2 rings (SSSR count). The smallest absolute Gasteiger partial charge is 0.342 e. The largest absolute Gasteiger partial charge is 0.483 e. The monoisotopic (exact) mass is 282 g/mol. The highest BCUT2D eigenvalue weighted by atomic mass is 19.1. The summed E-state index contributed by atoms with van der Waals surface area (Å²) in [5.74, 6) is -3.24. The lowest BCUT2D eigenvalue weighted by Crippen LogP contribution is -2.20. The molecule has 0 atom stereocenters. The summed E-state index contributed by atoms with van der Waals surface area (Å²) in [6.45, 7) is -0.294. The van der Waals surface area contributed by atoms with Crippen molar-refractivity contribution in [2.45, 2.75) is 6.61 Å². The summed E-state index contributed by atoms with van der Waals surface area (Å²) in [5, 5.41) is 8.65. The van der Waals surface area contributed by atoms with E-state index >= 15 is 0 Å². The van der Waals surface area contributed by atoms with E-state index in [9.17, 15) is 18.4 Å². The van der Waals surface area contributed by atoms with Crippen LogP contribution in [0.5, 0.6) is 5.75 Å². The van der Waals surface area contributed by atoms with Gasteiger partial charge in [-0.3, -0.25) is 4.79 Å². The molecule has 0 aliphatic heterocycles. The number of ether oxygens (including phenoxy) is 1. The third-order valence-corrected chi connectivity index (χ3v) is 2.34. The van der Waals surface area contributed by atoms with E-state index in [-0.39, 0.29) is 18.2 Å². The molecule has 20 heavy (non-hydrogen) atoms. The van der Waals surface area contributed by atoms with E-state index in [1.807, 2.05) is 0 Å². The van der Waals surface area contributed by atoms with Gasteiger partial charge in [-0.25, -0.2) is 18.6 Å². The summed E-state index contributed by atoms with van der Waals surface area (Å²) >= 11 is 0. The molecule has 0 unspecified atom stereocenters. The number of nitrogens with zero attached hydrogens (tertiary/aromatic N) is 1. The van der Waals surface area contributed by atoms with Gasteiger partial charge in [-0.2, -0.15) is 0 Å². The van der Waals surface area contributed by atoms with E-state index in [1.54, 1.807) is 0 Å². The van der Waals surface area contributed by atoms with E-state index < -0.39 is 28.7 Å².